The molecule has 2 unspecified atom stereocenters. The zero-order chi connectivity index (χ0) is 16.9. The second kappa shape index (κ2) is 7.31. The number of rotatable bonds is 4. The van der Waals surface area contributed by atoms with E-state index < -0.39 is 0 Å². The highest BCUT2D eigenvalue weighted by atomic mass is 16.3. The molecule has 3 rings (SSSR count). The fourth-order valence-corrected chi connectivity index (χ4v) is 2.77. The number of carbonyl (C=O) groups excluding carboxylic acids is 2. The number of furan rings is 1. The van der Waals surface area contributed by atoms with Gasteiger partial charge in [0.15, 0.2) is 5.76 Å². The van der Waals surface area contributed by atoms with Crippen molar-refractivity contribution in [1.29, 1.82) is 0 Å². The standard InChI is InChI=1S/C18H21N3O3/c1-12-7-8-19-11-15(12)21-17(22)13-4-2-5-14(10-13)20-18(23)16-6-3-9-24-16/h2-6,9-10,12,15,19H,7-8,11H2,1H3,(H,20,23)(H,21,22). The normalized spacial score (nSPS) is 20.4. The van der Waals surface area contributed by atoms with Crippen LogP contribution in [0.3, 0.4) is 0 Å². The van der Waals surface area contributed by atoms with Crippen molar-refractivity contribution in [2.45, 2.75) is 19.4 Å². The summed E-state index contributed by atoms with van der Waals surface area (Å²) in [6.07, 6.45) is 2.49. The van der Waals surface area contributed by atoms with Crippen molar-refractivity contribution in [3.05, 3.63) is 54.0 Å². The fraction of sp³-hybridized carbons (Fsp3) is 0.333. The van der Waals surface area contributed by atoms with Crippen LogP contribution < -0.4 is 16.0 Å². The van der Waals surface area contributed by atoms with E-state index >= 15 is 0 Å². The number of piperidine rings is 1. The summed E-state index contributed by atoms with van der Waals surface area (Å²) in [5.74, 6) is 0.191. The molecule has 1 fully saturated rings. The minimum absolute atomic E-state index is 0.118. The zero-order valence-corrected chi connectivity index (χ0v) is 13.5. The van der Waals surface area contributed by atoms with E-state index in [1.54, 1.807) is 36.4 Å². The molecule has 3 N–H and O–H groups in total. The molecule has 2 amide bonds. The van der Waals surface area contributed by atoms with Crippen LogP contribution in [0.2, 0.25) is 0 Å². The molecule has 0 saturated carbocycles. The van der Waals surface area contributed by atoms with Crippen LogP contribution in [0.5, 0.6) is 0 Å². The Balaban J connectivity index is 1.66. The van der Waals surface area contributed by atoms with E-state index in [1.807, 2.05) is 0 Å². The quantitative estimate of drug-likeness (QED) is 0.804. The molecule has 1 saturated heterocycles. The summed E-state index contributed by atoms with van der Waals surface area (Å²) in [6.45, 7) is 3.91. The average molecular weight is 327 g/mol. The van der Waals surface area contributed by atoms with Crippen molar-refractivity contribution in [3.63, 3.8) is 0 Å². The highest BCUT2D eigenvalue weighted by Crippen LogP contribution is 2.15. The Morgan fingerprint density at radius 1 is 1.21 bits per heavy atom. The van der Waals surface area contributed by atoms with E-state index in [9.17, 15) is 9.59 Å². The van der Waals surface area contributed by atoms with Crippen LogP contribution in [0.1, 0.15) is 34.3 Å². The second-order valence-electron chi connectivity index (χ2n) is 6.06. The van der Waals surface area contributed by atoms with Gasteiger partial charge in [0.2, 0.25) is 0 Å². The first-order valence-corrected chi connectivity index (χ1v) is 8.10. The van der Waals surface area contributed by atoms with Crippen molar-refractivity contribution in [2.75, 3.05) is 18.4 Å². The largest absolute Gasteiger partial charge is 0.459 e. The number of nitrogens with one attached hydrogen (secondary N) is 3. The summed E-state index contributed by atoms with van der Waals surface area (Å²) >= 11 is 0. The molecule has 6 heteroatoms. The molecule has 1 aliphatic rings. The van der Waals surface area contributed by atoms with Crippen molar-refractivity contribution < 1.29 is 14.0 Å². The van der Waals surface area contributed by atoms with Gasteiger partial charge in [0.05, 0.1) is 6.26 Å². The predicted octanol–water partition coefficient (Wildman–Crippen LogP) is 2.26. The average Bonchev–Trinajstić information content (AvgIpc) is 3.12. The summed E-state index contributed by atoms with van der Waals surface area (Å²) in [6, 6.07) is 10.2. The summed E-state index contributed by atoms with van der Waals surface area (Å²) in [5.41, 5.74) is 1.07. The Morgan fingerprint density at radius 3 is 2.83 bits per heavy atom. The Kier molecular flexibility index (Phi) is 4.96. The Morgan fingerprint density at radius 2 is 2.08 bits per heavy atom. The molecular weight excluding hydrogens is 306 g/mol. The SMILES string of the molecule is CC1CCNCC1NC(=O)c1cccc(NC(=O)c2ccco2)c1. The molecule has 1 aromatic carbocycles. The maximum atomic E-state index is 12.5. The molecule has 1 aliphatic heterocycles. The lowest BCUT2D eigenvalue weighted by Gasteiger charge is -2.30. The molecule has 24 heavy (non-hydrogen) atoms. The molecule has 0 aliphatic carbocycles. The van der Waals surface area contributed by atoms with Crippen LogP contribution in [-0.4, -0.2) is 30.9 Å². The minimum atomic E-state index is -0.345. The first-order valence-electron chi connectivity index (χ1n) is 8.10. The minimum Gasteiger partial charge on any atom is -0.459 e. The van der Waals surface area contributed by atoms with E-state index in [2.05, 4.69) is 22.9 Å². The van der Waals surface area contributed by atoms with E-state index in [0.717, 1.165) is 19.5 Å². The summed E-state index contributed by atoms with van der Waals surface area (Å²) in [4.78, 5) is 24.5. The lowest BCUT2D eigenvalue weighted by molar-refractivity contribution is 0.0914. The van der Waals surface area contributed by atoms with Gasteiger partial charge < -0.3 is 20.4 Å². The zero-order valence-electron chi connectivity index (χ0n) is 13.5. The molecule has 6 nitrogen and oxygen atoms in total. The lowest BCUT2D eigenvalue weighted by Crippen LogP contribution is -2.50. The highest BCUT2D eigenvalue weighted by Gasteiger charge is 2.23. The van der Waals surface area contributed by atoms with Gasteiger partial charge in [0.25, 0.3) is 11.8 Å². The third kappa shape index (κ3) is 3.83. The highest BCUT2D eigenvalue weighted by molar-refractivity contribution is 6.03. The van der Waals surface area contributed by atoms with E-state index in [-0.39, 0.29) is 23.6 Å². The van der Waals surface area contributed by atoms with Crippen molar-refractivity contribution >= 4 is 17.5 Å². The third-order valence-corrected chi connectivity index (χ3v) is 4.27. The number of carbonyl (C=O) groups is 2. The number of amides is 2. The van der Waals surface area contributed by atoms with Gasteiger partial charge in [0.1, 0.15) is 0 Å². The van der Waals surface area contributed by atoms with Crippen LogP contribution in [0.15, 0.2) is 47.1 Å². The fourth-order valence-electron chi connectivity index (χ4n) is 2.77. The Bertz CT molecular complexity index is 712. The maximum absolute atomic E-state index is 12.5. The van der Waals surface area contributed by atoms with Gasteiger partial charge >= 0.3 is 0 Å². The number of benzene rings is 1. The first kappa shape index (κ1) is 16.3. The number of hydrogen-bond acceptors (Lipinski definition) is 4. The van der Waals surface area contributed by atoms with Gasteiger partial charge in [0, 0.05) is 23.8 Å². The van der Waals surface area contributed by atoms with Crippen LogP contribution in [0.25, 0.3) is 0 Å². The van der Waals surface area contributed by atoms with Gasteiger partial charge in [-0.15, -0.1) is 0 Å². The smallest absolute Gasteiger partial charge is 0.291 e. The Labute approximate surface area is 140 Å². The Hall–Kier alpha value is -2.60. The summed E-state index contributed by atoms with van der Waals surface area (Å²) in [7, 11) is 0. The predicted molar refractivity (Wildman–Crippen MR) is 91.0 cm³/mol. The maximum Gasteiger partial charge on any atom is 0.291 e. The molecule has 0 spiro atoms. The summed E-state index contributed by atoms with van der Waals surface area (Å²) < 4.78 is 5.06. The monoisotopic (exact) mass is 327 g/mol. The molecule has 0 radical (unpaired) electrons. The van der Waals surface area contributed by atoms with Crippen LogP contribution in [0.4, 0.5) is 5.69 Å². The van der Waals surface area contributed by atoms with Gasteiger partial charge in [-0.3, -0.25) is 9.59 Å². The van der Waals surface area contributed by atoms with E-state index in [4.69, 9.17) is 4.42 Å². The van der Waals surface area contributed by atoms with Crippen molar-refractivity contribution in [1.82, 2.24) is 10.6 Å². The van der Waals surface area contributed by atoms with E-state index in [1.165, 1.54) is 6.26 Å². The van der Waals surface area contributed by atoms with Crippen LogP contribution >= 0.6 is 0 Å². The van der Waals surface area contributed by atoms with Crippen LogP contribution in [0, 0.1) is 5.92 Å². The molecular formula is C18H21N3O3. The lowest BCUT2D eigenvalue weighted by atomic mass is 9.94. The van der Waals surface area contributed by atoms with Gasteiger partial charge in [-0.05, 0) is 49.2 Å². The topological polar surface area (TPSA) is 83.4 Å². The third-order valence-electron chi connectivity index (χ3n) is 4.27. The van der Waals surface area contributed by atoms with Gasteiger partial charge in [-0.25, -0.2) is 0 Å². The van der Waals surface area contributed by atoms with Crippen molar-refractivity contribution in [3.8, 4) is 0 Å². The molecule has 126 valence electrons. The molecule has 2 aromatic rings. The van der Waals surface area contributed by atoms with Crippen molar-refractivity contribution in [2.24, 2.45) is 5.92 Å². The summed E-state index contributed by atoms with van der Waals surface area (Å²) in [5, 5.41) is 9.08. The van der Waals surface area contributed by atoms with Crippen LogP contribution in [-0.2, 0) is 0 Å². The first-order chi connectivity index (χ1) is 11.6. The number of anilines is 1. The van der Waals surface area contributed by atoms with Gasteiger partial charge in [-0.1, -0.05) is 13.0 Å². The second-order valence-corrected chi connectivity index (χ2v) is 6.06. The molecule has 1 aromatic heterocycles. The van der Waals surface area contributed by atoms with E-state index in [0.29, 0.717) is 17.2 Å². The van der Waals surface area contributed by atoms with Gasteiger partial charge in [-0.2, -0.15) is 0 Å². The number of hydrogen-bond donors (Lipinski definition) is 3. The molecule has 2 atom stereocenters. The molecule has 0 bridgehead atoms. The molecule has 2 heterocycles.